The van der Waals surface area contributed by atoms with E-state index in [1.54, 1.807) is 36.1 Å². The van der Waals surface area contributed by atoms with Crippen molar-refractivity contribution in [3.63, 3.8) is 0 Å². The average molecular weight is 542 g/mol. The molecule has 0 aliphatic heterocycles. The molecule has 2 amide bonds. The Morgan fingerprint density at radius 3 is 2.74 bits per heavy atom. The number of amides is 2. The molecule has 8 nitrogen and oxygen atoms in total. The number of pyridine rings is 1. The van der Waals surface area contributed by atoms with Gasteiger partial charge in [-0.3, -0.25) is 10.1 Å². The highest BCUT2D eigenvalue weighted by Gasteiger charge is 2.23. The van der Waals surface area contributed by atoms with Crippen LogP contribution in [0.1, 0.15) is 17.7 Å². The fourth-order valence-electron chi connectivity index (χ4n) is 3.98. The number of hydrogen-bond acceptors (Lipinski definition) is 5. The van der Waals surface area contributed by atoms with Gasteiger partial charge in [-0.1, -0.05) is 23.7 Å². The van der Waals surface area contributed by atoms with Gasteiger partial charge in [-0.15, -0.1) is 0 Å². The molecule has 1 N–H and O–H groups in total. The highest BCUT2D eigenvalue weighted by molar-refractivity contribution is 6.31. The van der Waals surface area contributed by atoms with Gasteiger partial charge in [0.1, 0.15) is 24.1 Å². The van der Waals surface area contributed by atoms with E-state index in [0.717, 1.165) is 5.39 Å². The Labute approximate surface area is 223 Å². The molecule has 0 bridgehead atoms. The number of hydrogen-bond donors (Lipinski definition) is 1. The number of carbonyl (C=O) groups is 2. The van der Waals surface area contributed by atoms with E-state index in [1.807, 2.05) is 13.2 Å². The monoisotopic (exact) mass is 541 g/mol. The lowest BCUT2D eigenvalue weighted by Gasteiger charge is -2.27. The highest BCUT2D eigenvalue weighted by Crippen LogP contribution is 2.22. The molecule has 198 valence electrons. The van der Waals surface area contributed by atoms with Crippen molar-refractivity contribution >= 4 is 40.2 Å². The van der Waals surface area contributed by atoms with Crippen LogP contribution in [0.25, 0.3) is 10.8 Å². The fraction of sp³-hybridized carbons (Fsp3) is 0.259. The van der Waals surface area contributed by atoms with Crippen LogP contribution < -0.4 is 5.32 Å². The Balaban J connectivity index is 1.40. The van der Waals surface area contributed by atoms with Crippen molar-refractivity contribution in [3.8, 4) is 0 Å². The maximum Gasteiger partial charge on any atom is 0.412 e. The molecule has 0 aliphatic rings. The molecule has 0 fully saturated rings. The number of benzene rings is 2. The molecule has 2 aromatic carbocycles. The Morgan fingerprint density at radius 1 is 1.16 bits per heavy atom. The fourth-order valence-corrected chi connectivity index (χ4v) is 4.20. The summed E-state index contributed by atoms with van der Waals surface area (Å²) in [6, 6.07) is 9.76. The third-order valence-electron chi connectivity index (χ3n) is 6.10. The van der Waals surface area contributed by atoms with E-state index in [1.165, 1.54) is 35.4 Å². The summed E-state index contributed by atoms with van der Waals surface area (Å²) in [5.41, 5.74) is 1.25. The number of carbonyl (C=O) groups excluding carboxylic acids is 2. The van der Waals surface area contributed by atoms with Crippen molar-refractivity contribution in [2.24, 2.45) is 7.05 Å². The van der Waals surface area contributed by atoms with Crippen LogP contribution in [0.3, 0.4) is 0 Å². The average Bonchev–Trinajstić information content (AvgIpc) is 3.31. The Bertz CT molecular complexity index is 1460. The van der Waals surface area contributed by atoms with Crippen LogP contribution in [0.5, 0.6) is 0 Å². The van der Waals surface area contributed by atoms with Gasteiger partial charge < -0.3 is 14.2 Å². The summed E-state index contributed by atoms with van der Waals surface area (Å²) in [6.07, 6.45) is 4.88. The van der Waals surface area contributed by atoms with Crippen LogP contribution in [0.2, 0.25) is 5.02 Å². The molecule has 4 aromatic rings. The van der Waals surface area contributed by atoms with Crippen LogP contribution >= 0.6 is 11.6 Å². The van der Waals surface area contributed by atoms with Gasteiger partial charge >= 0.3 is 6.09 Å². The summed E-state index contributed by atoms with van der Waals surface area (Å²) in [5.74, 6) is -0.968. The van der Waals surface area contributed by atoms with Gasteiger partial charge in [-0.25, -0.2) is 23.5 Å². The number of imidazole rings is 1. The number of anilines is 1. The zero-order valence-electron chi connectivity index (χ0n) is 20.8. The van der Waals surface area contributed by atoms with Crippen molar-refractivity contribution in [2.45, 2.75) is 25.3 Å². The van der Waals surface area contributed by atoms with Gasteiger partial charge in [-0.2, -0.15) is 0 Å². The number of aromatic nitrogens is 3. The first-order valence-corrected chi connectivity index (χ1v) is 12.2. The van der Waals surface area contributed by atoms with Gasteiger partial charge in [0.25, 0.3) is 0 Å². The molecule has 11 heteroatoms. The molecule has 4 rings (SSSR count). The maximum absolute atomic E-state index is 13.7. The summed E-state index contributed by atoms with van der Waals surface area (Å²) < 4.78 is 34.5. The summed E-state index contributed by atoms with van der Waals surface area (Å²) in [4.78, 5) is 35.5. The lowest BCUT2D eigenvalue weighted by Crippen LogP contribution is -2.42. The molecule has 0 aliphatic carbocycles. The van der Waals surface area contributed by atoms with Gasteiger partial charge in [0, 0.05) is 44.7 Å². The first-order chi connectivity index (χ1) is 18.2. The first kappa shape index (κ1) is 27.0. The summed E-state index contributed by atoms with van der Waals surface area (Å²) >= 11 is 6.02. The van der Waals surface area contributed by atoms with Gasteiger partial charge in [0.2, 0.25) is 5.91 Å². The van der Waals surface area contributed by atoms with Crippen molar-refractivity contribution in [3.05, 3.63) is 89.1 Å². The largest absolute Gasteiger partial charge is 0.447 e. The molecule has 0 radical (unpaired) electrons. The predicted molar refractivity (Wildman–Crippen MR) is 140 cm³/mol. The zero-order valence-corrected chi connectivity index (χ0v) is 21.6. The molecule has 0 saturated carbocycles. The molecular weight excluding hydrogens is 516 g/mol. The number of halogens is 3. The minimum Gasteiger partial charge on any atom is -0.447 e. The van der Waals surface area contributed by atoms with Gasteiger partial charge in [-0.05, 0) is 47.7 Å². The molecule has 2 heterocycles. The lowest BCUT2D eigenvalue weighted by atomic mass is 10.1. The van der Waals surface area contributed by atoms with E-state index < -0.39 is 23.8 Å². The highest BCUT2D eigenvalue weighted by atomic mass is 35.5. The predicted octanol–water partition coefficient (Wildman–Crippen LogP) is 5.15. The zero-order chi connectivity index (χ0) is 27.2. The minimum absolute atomic E-state index is 0.00182. The lowest BCUT2D eigenvalue weighted by molar-refractivity contribution is -0.132. The summed E-state index contributed by atoms with van der Waals surface area (Å²) in [5, 5.41) is 3.83. The number of nitrogens with one attached hydrogen (secondary N) is 1. The number of aryl methyl sites for hydroxylation is 2. The normalized spacial score (nSPS) is 11.8. The molecule has 1 atom stereocenters. The van der Waals surface area contributed by atoms with E-state index in [4.69, 9.17) is 16.3 Å². The molecular formula is C27H26ClF2N5O3. The number of ether oxygens (including phenoxy) is 1. The number of nitrogens with zero attached hydrogens (tertiary/aromatic N) is 4. The van der Waals surface area contributed by atoms with Crippen LogP contribution in [0.15, 0.2) is 61.2 Å². The molecule has 0 unspecified atom stereocenters. The van der Waals surface area contributed by atoms with Crippen LogP contribution in [-0.2, 0) is 29.4 Å². The smallest absolute Gasteiger partial charge is 0.412 e. The molecule has 0 saturated heterocycles. The minimum atomic E-state index is -0.772. The topological polar surface area (TPSA) is 89.4 Å². The van der Waals surface area contributed by atoms with E-state index >= 15 is 0 Å². The Kier molecular flexibility index (Phi) is 8.52. The van der Waals surface area contributed by atoms with Crippen LogP contribution in [0.4, 0.5) is 19.4 Å². The maximum atomic E-state index is 13.7. The molecule has 0 spiro atoms. The van der Waals surface area contributed by atoms with E-state index in [0.29, 0.717) is 23.1 Å². The third-order valence-corrected chi connectivity index (χ3v) is 6.53. The van der Waals surface area contributed by atoms with Crippen LogP contribution in [-0.4, -0.2) is 51.1 Å². The third kappa shape index (κ3) is 6.83. The van der Waals surface area contributed by atoms with Crippen molar-refractivity contribution in [1.82, 2.24) is 19.4 Å². The second-order valence-electron chi connectivity index (χ2n) is 8.89. The second-order valence-corrected chi connectivity index (χ2v) is 9.27. The second kappa shape index (κ2) is 12.0. The Morgan fingerprint density at radius 2 is 1.97 bits per heavy atom. The van der Waals surface area contributed by atoms with E-state index in [2.05, 4.69) is 15.3 Å². The molecule has 38 heavy (non-hydrogen) atoms. The first-order valence-electron chi connectivity index (χ1n) is 11.8. The van der Waals surface area contributed by atoms with Crippen molar-refractivity contribution in [2.75, 3.05) is 19.0 Å². The van der Waals surface area contributed by atoms with Crippen molar-refractivity contribution in [1.29, 1.82) is 0 Å². The number of rotatable bonds is 9. The Hall–Kier alpha value is -4.05. The van der Waals surface area contributed by atoms with Crippen molar-refractivity contribution < 1.29 is 23.1 Å². The SMILES string of the molecule is CN(C(=O)CCc1cccc(F)c1Cl)[C@H](COC(=O)Nc1cc2cc(F)ccc2cn1)Cc1cn(C)cn1. The van der Waals surface area contributed by atoms with E-state index in [9.17, 15) is 18.4 Å². The summed E-state index contributed by atoms with van der Waals surface area (Å²) in [6.45, 7) is -0.117. The number of fused-ring (bicyclic) bond motifs is 1. The van der Waals surface area contributed by atoms with Crippen LogP contribution in [0, 0.1) is 11.6 Å². The van der Waals surface area contributed by atoms with Gasteiger partial charge in [0.05, 0.1) is 23.1 Å². The number of likely N-dealkylation sites (N-methyl/N-ethyl adjacent to an activating group) is 1. The van der Waals surface area contributed by atoms with E-state index in [-0.39, 0.29) is 36.2 Å². The quantitative estimate of drug-likeness (QED) is 0.316. The standard InChI is InChI=1S/C27H26ClF2N5O3/c1-34-14-21(32-16-34)12-22(35(2)25(36)9-7-17-4-3-5-23(30)26(17)28)15-38-27(37)33-24-11-19-10-20(29)8-6-18(19)13-31-24/h3-6,8,10-11,13-14,16,22H,7,9,12,15H2,1-2H3,(H,31,33,37)/t22-/m0/s1. The molecule has 2 aromatic heterocycles. The summed E-state index contributed by atoms with van der Waals surface area (Å²) in [7, 11) is 3.44. The van der Waals surface area contributed by atoms with Gasteiger partial charge in [0.15, 0.2) is 0 Å².